The van der Waals surface area contributed by atoms with Gasteiger partial charge in [0.2, 0.25) is 0 Å². The first-order valence-electron chi connectivity index (χ1n) is 8.87. The summed E-state index contributed by atoms with van der Waals surface area (Å²) < 4.78 is -0.403. The van der Waals surface area contributed by atoms with Crippen LogP contribution in [0, 0.1) is 22.7 Å². The van der Waals surface area contributed by atoms with Crippen LogP contribution in [-0.4, -0.2) is 27.1 Å². The first-order chi connectivity index (χ1) is 10.7. The number of hydrogen-bond acceptors (Lipinski definition) is 3. The van der Waals surface area contributed by atoms with Crippen LogP contribution < -0.4 is 0 Å². The van der Waals surface area contributed by atoms with Crippen molar-refractivity contribution < 1.29 is 14.7 Å². The highest BCUT2D eigenvalue weighted by atomic mass is 79.9. The molecule has 3 nitrogen and oxygen atoms in total. The largest absolute Gasteiger partial charge is 0.392 e. The fraction of sp³-hybridized carbons (Fsp3) is 0.789. The SMILES string of the molecule is C[C@]12CCC(=O)C=C1CC[C@H]1[C@@H]3CCC(=O)[C@@]3(C)C[C@H](O)[C@@]12Br. The van der Waals surface area contributed by atoms with Crippen molar-refractivity contribution in [3.63, 3.8) is 0 Å². The van der Waals surface area contributed by atoms with Crippen molar-refractivity contribution in [3.8, 4) is 0 Å². The zero-order valence-electron chi connectivity index (χ0n) is 13.9. The molecule has 0 aromatic rings. The van der Waals surface area contributed by atoms with E-state index >= 15 is 0 Å². The molecule has 4 heteroatoms. The van der Waals surface area contributed by atoms with Crippen molar-refractivity contribution in [1.29, 1.82) is 0 Å². The maximum atomic E-state index is 12.5. The molecule has 0 aromatic carbocycles. The van der Waals surface area contributed by atoms with Gasteiger partial charge in [0, 0.05) is 23.7 Å². The summed E-state index contributed by atoms with van der Waals surface area (Å²) in [6.07, 6.45) is 6.70. The Balaban J connectivity index is 1.83. The van der Waals surface area contributed by atoms with Gasteiger partial charge in [-0.3, -0.25) is 9.59 Å². The number of ketones is 2. The molecule has 0 unspecified atom stereocenters. The van der Waals surface area contributed by atoms with Crippen molar-refractivity contribution in [2.75, 3.05) is 0 Å². The summed E-state index contributed by atoms with van der Waals surface area (Å²) in [6.45, 7) is 4.29. The Labute approximate surface area is 146 Å². The third-order valence-corrected chi connectivity index (χ3v) is 9.74. The van der Waals surface area contributed by atoms with Gasteiger partial charge in [0.05, 0.1) is 10.4 Å². The fourth-order valence-electron chi connectivity index (χ4n) is 6.34. The topological polar surface area (TPSA) is 54.4 Å². The number of halogens is 1. The fourth-order valence-corrected chi connectivity index (χ4v) is 7.51. The van der Waals surface area contributed by atoms with Crippen LogP contribution >= 0.6 is 15.9 Å². The summed E-state index contributed by atoms with van der Waals surface area (Å²) in [5, 5.41) is 11.2. The lowest BCUT2D eigenvalue weighted by Crippen LogP contribution is -2.66. The lowest BCUT2D eigenvalue weighted by molar-refractivity contribution is -0.140. The summed E-state index contributed by atoms with van der Waals surface area (Å²) >= 11 is 4.02. The number of fused-ring (bicyclic) bond motifs is 5. The highest BCUT2D eigenvalue weighted by Crippen LogP contribution is 2.69. The quantitative estimate of drug-likeness (QED) is 0.653. The normalized spacial score (nSPS) is 52.5. The van der Waals surface area contributed by atoms with Crippen LogP contribution in [-0.2, 0) is 9.59 Å². The Morgan fingerprint density at radius 1 is 1.13 bits per heavy atom. The van der Waals surface area contributed by atoms with Gasteiger partial charge >= 0.3 is 0 Å². The number of allylic oxidation sites excluding steroid dienone is 1. The molecular formula is C19H25BrO3. The second-order valence-corrected chi connectivity index (χ2v) is 9.90. The van der Waals surface area contributed by atoms with Crippen molar-refractivity contribution in [2.24, 2.45) is 22.7 Å². The highest BCUT2D eigenvalue weighted by Gasteiger charge is 2.68. The number of Topliss-reactive ketones (excluding diaryl/α,β-unsaturated/α-hetero) is 1. The molecular weight excluding hydrogens is 356 g/mol. The van der Waals surface area contributed by atoms with Gasteiger partial charge in [-0.05, 0) is 50.0 Å². The van der Waals surface area contributed by atoms with E-state index < -0.39 is 10.4 Å². The number of aliphatic hydroxyl groups is 1. The number of aliphatic hydroxyl groups excluding tert-OH is 1. The van der Waals surface area contributed by atoms with E-state index in [2.05, 4.69) is 29.8 Å². The first kappa shape index (κ1) is 16.0. The van der Waals surface area contributed by atoms with Crippen LogP contribution in [0.2, 0.25) is 0 Å². The molecule has 4 rings (SSSR count). The number of hydrogen-bond donors (Lipinski definition) is 1. The number of carbonyl (C=O) groups excluding carboxylic acids is 2. The molecule has 0 aliphatic heterocycles. The Bertz CT molecular complexity index is 626. The Morgan fingerprint density at radius 2 is 1.83 bits per heavy atom. The predicted molar refractivity (Wildman–Crippen MR) is 91.3 cm³/mol. The minimum Gasteiger partial charge on any atom is -0.392 e. The number of rotatable bonds is 0. The molecule has 0 aromatic heterocycles. The summed E-state index contributed by atoms with van der Waals surface area (Å²) in [7, 11) is 0. The van der Waals surface area contributed by atoms with E-state index in [-0.39, 0.29) is 16.6 Å². The molecule has 0 amide bonds. The monoisotopic (exact) mass is 380 g/mol. The zero-order valence-corrected chi connectivity index (χ0v) is 15.5. The first-order valence-corrected chi connectivity index (χ1v) is 9.67. The van der Waals surface area contributed by atoms with Gasteiger partial charge in [-0.25, -0.2) is 0 Å². The molecule has 0 bridgehead atoms. The van der Waals surface area contributed by atoms with Crippen LogP contribution in [0.25, 0.3) is 0 Å². The Kier molecular flexibility index (Phi) is 3.33. The molecule has 4 aliphatic rings. The summed E-state index contributed by atoms with van der Waals surface area (Å²) in [6, 6.07) is 0. The minimum atomic E-state index is -0.544. The standard InChI is InChI=1S/C19H25BrO3/c1-17-10-16(23)19(20)14(13(17)5-6-15(17)22)4-3-11-9-12(21)7-8-18(11,19)2/h9,13-14,16,23H,3-8,10H2,1-2H3/t13-,14-,16-,17-,18-,19-/m0/s1. The summed E-state index contributed by atoms with van der Waals surface area (Å²) in [5.41, 5.74) is 0.661. The maximum Gasteiger partial charge on any atom is 0.155 e. The van der Waals surface area contributed by atoms with E-state index in [0.29, 0.717) is 36.9 Å². The lowest BCUT2D eigenvalue weighted by Gasteiger charge is -2.63. The molecule has 23 heavy (non-hydrogen) atoms. The number of carbonyl (C=O) groups is 2. The van der Waals surface area contributed by atoms with Crippen LogP contribution in [0.5, 0.6) is 0 Å². The van der Waals surface area contributed by atoms with Crippen molar-refractivity contribution in [3.05, 3.63) is 11.6 Å². The predicted octanol–water partition coefficient (Wildman–Crippen LogP) is 3.58. The van der Waals surface area contributed by atoms with Crippen LogP contribution in [0.15, 0.2) is 11.6 Å². The van der Waals surface area contributed by atoms with Crippen LogP contribution in [0.1, 0.15) is 58.8 Å². The van der Waals surface area contributed by atoms with Crippen molar-refractivity contribution in [2.45, 2.75) is 69.2 Å². The third-order valence-electron chi connectivity index (χ3n) is 7.75. The summed E-state index contributed by atoms with van der Waals surface area (Å²) in [4.78, 5) is 24.4. The second kappa shape index (κ2) is 4.78. The third kappa shape index (κ3) is 1.80. The van der Waals surface area contributed by atoms with E-state index in [0.717, 1.165) is 25.7 Å². The molecule has 0 radical (unpaired) electrons. The average molecular weight is 381 g/mol. The van der Waals surface area contributed by atoms with Gasteiger partial charge in [0.15, 0.2) is 5.78 Å². The Hall–Kier alpha value is -0.480. The van der Waals surface area contributed by atoms with Gasteiger partial charge in [0.25, 0.3) is 0 Å². The van der Waals surface area contributed by atoms with Gasteiger partial charge in [-0.2, -0.15) is 0 Å². The smallest absolute Gasteiger partial charge is 0.155 e. The maximum absolute atomic E-state index is 12.5. The van der Waals surface area contributed by atoms with Gasteiger partial charge < -0.3 is 5.11 Å². The average Bonchev–Trinajstić information content (AvgIpc) is 2.77. The highest BCUT2D eigenvalue weighted by molar-refractivity contribution is 9.10. The molecule has 1 N–H and O–H groups in total. The molecule has 0 saturated heterocycles. The van der Waals surface area contributed by atoms with Gasteiger partial charge in [-0.1, -0.05) is 35.4 Å². The van der Waals surface area contributed by atoms with Crippen LogP contribution in [0.4, 0.5) is 0 Å². The van der Waals surface area contributed by atoms with E-state index in [9.17, 15) is 14.7 Å². The van der Waals surface area contributed by atoms with Crippen molar-refractivity contribution >= 4 is 27.5 Å². The lowest BCUT2D eigenvalue weighted by atomic mass is 9.46. The molecule has 126 valence electrons. The molecule has 6 atom stereocenters. The van der Waals surface area contributed by atoms with E-state index in [4.69, 9.17) is 0 Å². The molecule has 0 spiro atoms. The van der Waals surface area contributed by atoms with Gasteiger partial charge in [0.1, 0.15) is 5.78 Å². The number of alkyl halides is 1. The molecule has 3 saturated carbocycles. The molecule has 3 fully saturated rings. The molecule has 4 aliphatic carbocycles. The molecule has 0 heterocycles. The van der Waals surface area contributed by atoms with E-state index in [1.807, 2.05) is 6.08 Å². The van der Waals surface area contributed by atoms with Gasteiger partial charge in [-0.15, -0.1) is 0 Å². The van der Waals surface area contributed by atoms with E-state index in [1.165, 1.54) is 5.57 Å². The van der Waals surface area contributed by atoms with E-state index in [1.54, 1.807) is 0 Å². The van der Waals surface area contributed by atoms with Crippen LogP contribution in [0.3, 0.4) is 0 Å². The minimum absolute atomic E-state index is 0.184. The summed E-state index contributed by atoms with van der Waals surface area (Å²) in [5.74, 6) is 1.21. The zero-order chi connectivity index (χ0) is 16.6. The second-order valence-electron chi connectivity index (χ2n) is 8.59. The Morgan fingerprint density at radius 3 is 2.57 bits per heavy atom. The van der Waals surface area contributed by atoms with Crippen molar-refractivity contribution in [1.82, 2.24) is 0 Å².